The normalized spacial score (nSPS) is 49.0. The van der Waals surface area contributed by atoms with E-state index in [1.165, 1.54) is 18.4 Å². The van der Waals surface area contributed by atoms with Crippen molar-refractivity contribution in [3.05, 3.63) is 48.2 Å². The quantitative estimate of drug-likeness (QED) is 0.567. The van der Waals surface area contributed by atoms with Gasteiger partial charge in [0.2, 0.25) is 0 Å². The van der Waals surface area contributed by atoms with Crippen LogP contribution in [0.2, 0.25) is 0 Å². The van der Waals surface area contributed by atoms with Crippen molar-refractivity contribution in [1.29, 1.82) is 0 Å². The molecule has 26 heavy (non-hydrogen) atoms. The van der Waals surface area contributed by atoms with E-state index in [-0.39, 0.29) is 17.0 Å². The molecule has 2 saturated carbocycles. The summed E-state index contributed by atoms with van der Waals surface area (Å²) in [6.07, 6.45) is 17.2. The lowest BCUT2D eigenvalue weighted by molar-refractivity contribution is -0.161. The van der Waals surface area contributed by atoms with Crippen molar-refractivity contribution >= 4 is 5.97 Å². The first-order chi connectivity index (χ1) is 12.5. The molecule has 0 aromatic heterocycles. The zero-order valence-corrected chi connectivity index (χ0v) is 15.6. The second-order valence-corrected chi connectivity index (χ2v) is 9.33. The van der Waals surface area contributed by atoms with Gasteiger partial charge in [-0.2, -0.15) is 0 Å². The fraction of sp³-hybridized carbons (Fsp3) is 0.609. The Morgan fingerprint density at radius 2 is 2.15 bits per heavy atom. The lowest BCUT2D eigenvalue weighted by Crippen LogP contribution is -2.53. The molecule has 0 aromatic rings. The first kappa shape index (κ1) is 16.4. The van der Waals surface area contributed by atoms with Crippen LogP contribution in [-0.2, 0) is 9.53 Å². The van der Waals surface area contributed by atoms with Crippen LogP contribution in [0.5, 0.6) is 0 Å². The number of allylic oxidation sites excluding steroid dienone is 5. The highest BCUT2D eigenvalue weighted by molar-refractivity contribution is 5.85. The van der Waals surface area contributed by atoms with Gasteiger partial charge in [0.1, 0.15) is 5.60 Å². The number of carbonyl (C=O) groups is 1. The van der Waals surface area contributed by atoms with E-state index in [9.17, 15) is 4.79 Å². The van der Waals surface area contributed by atoms with Crippen molar-refractivity contribution in [2.45, 2.75) is 51.0 Å². The number of rotatable bonds is 1. The van der Waals surface area contributed by atoms with Crippen molar-refractivity contribution in [2.24, 2.45) is 40.7 Å². The maximum atomic E-state index is 11.9. The zero-order chi connectivity index (χ0) is 18.1. The minimum Gasteiger partial charge on any atom is -0.451 e. The summed E-state index contributed by atoms with van der Waals surface area (Å²) in [6.45, 7) is 6.55. The molecule has 0 bridgehead atoms. The molecule has 5 rings (SSSR count). The summed E-state index contributed by atoms with van der Waals surface area (Å²) >= 11 is 0. The van der Waals surface area contributed by atoms with E-state index in [4.69, 9.17) is 10.5 Å². The van der Waals surface area contributed by atoms with Crippen LogP contribution in [-0.4, -0.2) is 11.6 Å². The average molecular weight is 351 g/mol. The molecule has 7 atom stereocenters. The second-order valence-electron chi connectivity index (χ2n) is 9.33. The molecule has 2 fully saturated rings. The molecule has 1 heterocycles. The molecular weight excluding hydrogens is 322 g/mol. The van der Waals surface area contributed by atoms with Gasteiger partial charge in [-0.25, -0.2) is 4.79 Å². The molecule has 3 nitrogen and oxygen atoms in total. The standard InChI is InChI=1S/C23H29NO2/c1-3-14-12-15-13-16(24)4-5-17(15)18-6-9-22(2)19(21(14)18)7-10-23(22)11-8-20(25)26-23/h3,8,11-14,17-19,21H,1,4-7,9-10,24H2,2H3/t14?,17-,18?,19?,21?,22-,23+/m0/s1. The predicted molar refractivity (Wildman–Crippen MR) is 102 cm³/mol. The summed E-state index contributed by atoms with van der Waals surface area (Å²) in [5.41, 5.74) is 8.29. The Kier molecular flexibility index (Phi) is 3.39. The number of carbonyl (C=O) groups excluding carboxylic acids is 1. The highest BCUT2D eigenvalue weighted by Crippen LogP contribution is 2.67. The predicted octanol–water partition coefficient (Wildman–Crippen LogP) is 4.28. The molecular formula is C23H29NO2. The molecule has 1 spiro atoms. The van der Waals surface area contributed by atoms with Gasteiger partial charge in [-0.1, -0.05) is 19.1 Å². The summed E-state index contributed by atoms with van der Waals surface area (Å²) in [5, 5.41) is 0. The highest BCUT2D eigenvalue weighted by Gasteiger charge is 2.65. The van der Waals surface area contributed by atoms with Gasteiger partial charge in [0, 0.05) is 17.2 Å². The number of fused-ring (bicyclic) bond motifs is 6. The van der Waals surface area contributed by atoms with E-state index in [2.05, 4.69) is 37.8 Å². The van der Waals surface area contributed by atoms with E-state index < -0.39 is 0 Å². The Morgan fingerprint density at radius 1 is 1.31 bits per heavy atom. The van der Waals surface area contributed by atoms with E-state index >= 15 is 0 Å². The number of hydrogen-bond donors (Lipinski definition) is 1. The van der Waals surface area contributed by atoms with Crippen molar-refractivity contribution < 1.29 is 9.53 Å². The van der Waals surface area contributed by atoms with Crippen LogP contribution >= 0.6 is 0 Å². The van der Waals surface area contributed by atoms with Crippen LogP contribution in [0.25, 0.3) is 0 Å². The summed E-state index contributed by atoms with van der Waals surface area (Å²) in [4.78, 5) is 11.9. The fourth-order valence-corrected chi connectivity index (χ4v) is 7.25. The Labute approximate surface area is 156 Å². The SMILES string of the molecule is C=CC1C=C2C=C(N)CC[C@@H]2C2CC[C@@]3(C)C(CC[C@@]34C=CC(=O)O4)C12. The molecule has 0 amide bonds. The third kappa shape index (κ3) is 1.97. The maximum absolute atomic E-state index is 11.9. The largest absolute Gasteiger partial charge is 0.451 e. The minimum atomic E-state index is -0.369. The lowest BCUT2D eigenvalue weighted by Gasteiger charge is -2.56. The van der Waals surface area contributed by atoms with Crippen LogP contribution in [0.1, 0.15) is 45.4 Å². The molecule has 0 saturated heterocycles. The van der Waals surface area contributed by atoms with Gasteiger partial charge >= 0.3 is 5.97 Å². The first-order valence-electron chi connectivity index (χ1n) is 10.2. The molecule has 138 valence electrons. The minimum absolute atomic E-state index is 0.0486. The highest BCUT2D eigenvalue weighted by atomic mass is 16.6. The van der Waals surface area contributed by atoms with Gasteiger partial charge in [-0.3, -0.25) is 0 Å². The zero-order valence-electron chi connectivity index (χ0n) is 15.6. The number of hydrogen-bond acceptors (Lipinski definition) is 3. The van der Waals surface area contributed by atoms with Gasteiger partial charge in [-0.05, 0) is 85.8 Å². The molecule has 0 aromatic carbocycles. The lowest BCUT2D eigenvalue weighted by atomic mass is 9.49. The number of ether oxygens (including phenoxy) is 1. The summed E-state index contributed by atoms with van der Waals surface area (Å²) in [6, 6.07) is 0. The van der Waals surface area contributed by atoms with Crippen molar-refractivity contribution in [3.8, 4) is 0 Å². The molecule has 1 aliphatic heterocycles. The van der Waals surface area contributed by atoms with Crippen molar-refractivity contribution in [2.75, 3.05) is 0 Å². The Bertz CT molecular complexity index is 762. The van der Waals surface area contributed by atoms with E-state index in [0.29, 0.717) is 29.6 Å². The third-order valence-corrected chi connectivity index (χ3v) is 8.48. The van der Waals surface area contributed by atoms with Gasteiger partial charge in [0.25, 0.3) is 0 Å². The topological polar surface area (TPSA) is 52.3 Å². The van der Waals surface area contributed by atoms with Gasteiger partial charge in [-0.15, -0.1) is 6.58 Å². The van der Waals surface area contributed by atoms with Gasteiger partial charge in [0.15, 0.2) is 0 Å². The van der Waals surface area contributed by atoms with Crippen LogP contribution in [0.15, 0.2) is 48.2 Å². The Hall–Kier alpha value is -1.77. The third-order valence-electron chi connectivity index (χ3n) is 8.48. The monoisotopic (exact) mass is 351 g/mol. The maximum Gasteiger partial charge on any atom is 0.331 e. The first-order valence-corrected chi connectivity index (χ1v) is 10.2. The summed E-state index contributed by atoms with van der Waals surface area (Å²) in [7, 11) is 0. The summed E-state index contributed by atoms with van der Waals surface area (Å²) < 4.78 is 5.93. The number of nitrogens with two attached hydrogens (primary N) is 1. The van der Waals surface area contributed by atoms with Crippen LogP contribution in [0, 0.1) is 35.0 Å². The van der Waals surface area contributed by atoms with Crippen molar-refractivity contribution in [1.82, 2.24) is 0 Å². The molecule has 5 aliphatic rings. The van der Waals surface area contributed by atoms with E-state index in [1.807, 2.05) is 0 Å². The van der Waals surface area contributed by atoms with Gasteiger partial charge in [0.05, 0.1) is 0 Å². The molecule has 4 unspecified atom stereocenters. The summed E-state index contributed by atoms with van der Waals surface area (Å²) in [5.74, 6) is 2.78. The molecule has 3 heteroatoms. The molecule has 4 aliphatic carbocycles. The number of esters is 1. The molecule has 2 N–H and O–H groups in total. The van der Waals surface area contributed by atoms with Crippen LogP contribution in [0.3, 0.4) is 0 Å². The second kappa shape index (κ2) is 5.37. The van der Waals surface area contributed by atoms with Gasteiger partial charge < -0.3 is 10.5 Å². The molecule has 0 radical (unpaired) electrons. The van der Waals surface area contributed by atoms with E-state index in [1.54, 1.807) is 6.08 Å². The Balaban J connectivity index is 1.55. The van der Waals surface area contributed by atoms with Crippen LogP contribution < -0.4 is 5.73 Å². The fourth-order valence-electron chi connectivity index (χ4n) is 7.25. The average Bonchev–Trinajstić information content (AvgIpc) is 3.14. The Morgan fingerprint density at radius 3 is 2.88 bits per heavy atom. The smallest absolute Gasteiger partial charge is 0.331 e. The van der Waals surface area contributed by atoms with Crippen LogP contribution in [0.4, 0.5) is 0 Å². The van der Waals surface area contributed by atoms with E-state index in [0.717, 1.165) is 31.4 Å². The van der Waals surface area contributed by atoms with Crippen molar-refractivity contribution in [3.63, 3.8) is 0 Å².